The number of hydrogen-bond donors (Lipinski definition) is 0. The molecule has 0 N–H and O–H groups in total. The van der Waals surface area contributed by atoms with Gasteiger partial charge in [0.2, 0.25) is 0 Å². The molecule has 30 aliphatic rings. The van der Waals surface area contributed by atoms with Crippen LogP contribution >= 0.6 is 0 Å². The summed E-state index contributed by atoms with van der Waals surface area (Å²) in [5, 5.41) is 0. The van der Waals surface area contributed by atoms with Crippen LogP contribution in [0.25, 0.3) is 0 Å². The third kappa shape index (κ3) is 7.70. The molecule has 552 valence electrons. The van der Waals surface area contributed by atoms with E-state index in [1.165, 1.54) is 250 Å². The van der Waals surface area contributed by atoms with Gasteiger partial charge in [-0.3, -0.25) is 0 Å². The number of hydrogen-bond acceptors (Lipinski definition) is 18. The van der Waals surface area contributed by atoms with Crippen LogP contribution in [0.1, 0.15) is 297 Å². The smallest absolute Gasteiger partial charge is 0.281 e. The van der Waals surface area contributed by atoms with Crippen LogP contribution in [0.4, 0.5) is 0 Å². The molecule has 0 aromatic rings. The molecule has 35 unspecified atom stereocenters. The van der Waals surface area contributed by atoms with Crippen molar-refractivity contribution in [2.45, 2.75) is 431 Å². The minimum absolute atomic E-state index is 0.00389. The van der Waals surface area contributed by atoms with Crippen LogP contribution < -0.4 is 0 Å². The summed E-state index contributed by atoms with van der Waals surface area (Å²) in [6, 6.07) is 0. The quantitative estimate of drug-likeness (QED) is 0.224. The predicted octanol–water partition coefficient (Wildman–Crippen LogP) is 14.7. The molecule has 0 aromatic heterocycles. The van der Waals surface area contributed by atoms with E-state index in [1.807, 2.05) is 27.7 Å². The summed E-state index contributed by atoms with van der Waals surface area (Å²) in [6.45, 7) is 8.07. The van der Waals surface area contributed by atoms with Gasteiger partial charge in [-0.05, 0) is 240 Å². The lowest BCUT2D eigenvalue weighted by Gasteiger charge is -2.62. The van der Waals surface area contributed by atoms with Crippen LogP contribution in [0.15, 0.2) is 0 Å². The van der Waals surface area contributed by atoms with E-state index in [9.17, 15) is 0 Å². The van der Waals surface area contributed by atoms with Gasteiger partial charge in [0.05, 0.1) is 59.0 Å². The van der Waals surface area contributed by atoms with Crippen molar-refractivity contribution < 1.29 is 85.3 Å². The molecule has 18 nitrogen and oxygen atoms in total. The normalized spacial score (nSPS) is 66.8. The van der Waals surface area contributed by atoms with Crippen LogP contribution in [-0.2, 0) is 85.3 Å². The molecule has 18 saturated carbocycles. The molecular formula is C82H116O18. The largest absolute Gasteiger partial charge is 0.327 e. The summed E-state index contributed by atoms with van der Waals surface area (Å²) in [5.41, 5.74) is 0.606. The summed E-state index contributed by atoms with van der Waals surface area (Å²) >= 11 is 0. The Bertz CT molecular complexity index is 3380. The first kappa shape index (κ1) is 63.1. The molecule has 20 bridgehead atoms. The summed E-state index contributed by atoms with van der Waals surface area (Å²) < 4.78 is 112. The maximum Gasteiger partial charge on any atom is 0.281 e. The maximum atomic E-state index is 6.56. The molecule has 0 aromatic carbocycles. The molecule has 12 heterocycles. The van der Waals surface area contributed by atoms with E-state index in [0.717, 1.165) is 73.2 Å². The van der Waals surface area contributed by atoms with Crippen LogP contribution in [-0.4, -0.2) is 141 Å². The van der Waals surface area contributed by atoms with Crippen molar-refractivity contribution in [3.63, 3.8) is 0 Å². The monoisotopic (exact) mass is 1390 g/mol. The second kappa shape index (κ2) is 19.9. The Morgan fingerprint density at radius 1 is 0.310 bits per heavy atom. The highest BCUT2D eigenvalue weighted by Gasteiger charge is 2.87. The highest BCUT2D eigenvalue weighted by molar-refractivity contribution is 5.32. The zero-order valence-corrected chi connectivity index (χ0v) is 60.6. The SMILES string of the molecule is C1CC2CC3COC(O3)OC2C1.C1CCC23OC4OC56CC(CC5CC2(C1)O4)CC63.CC12OC34CC5CC3CC3(CCCCC3(O1)C4C5)O2.CC12OC34CCCC3C3(CCCCC3(CC4)O1)O2.CC12OC34CCCC3CC3(CCCCC3(C4)O1)O2.CC12OC3CC4CC5CC(C3O1)C4(C5)O2. The van der Waals surface area contributed by atoms with Gasteiger partial charge in [-0.25, -0.2) is 0 Å². The summed E-state index contributed by atoms with van der Waals surface area (Å²) in [5.74, 6) is 5.99. The Morgan fingerprint density at radius 3 is 1.77 bits per heavy atom. The Balaban J connectivity index is 0.0000000713. The van der Waals surface area contributed by atoms with Gasteiger partial charge in [0.15, 0.2) is 0 Å². The molecule has 18 heteroatoms. The van der Waals surface area contributed by atoms with Crippen molar-refractivity contribution in [1.29, 1.82) is 0 Å². The van der Waals surface area contributed by atoms with Crippen molar-refractivity contribution >= 4 is 0 Å². The fourth-order valence-electron chi connectivity index (χ4n) is 34.4. The summed E-state index contributed by atoms with van der Waals surface area (Å²) in [6.07, 6.45) is 54.2. The lowest BCUT2D eigenvalue weighted by atomic mass is 9.50. The predicted molar refractivity (Wildman–Crippen MR) is 352 cm³/mol. The van der Waals surface area contributed by atoms with Crippen molar-refractivity contribution in [3.8, 4) is 0 Å². The fraction of sp³-hybridized carbons (Fsp3) is 1.00. The van der Waals surface area contributed by atoms with Gasteiger partial charge in [0, 0.05) is 57.8 Å². The van der Waals surface area contributed by atoms with E-state index >= 15 is 0 Å². The van der Waals surface area contributed by atoms with Gasteiger partial charge in [0.25, 0.3) is 36.8 Å². The molecule has 100 heavy (non-hydrogen) atoms. The molecular weight excluding hydrogens is 1270 g/mol. The minimum Gasteiger partial charge on any atom is -0.327 e. The van der Waals surface area contributed by atoms with Crippen molar-refractivity contribution in [2.24, 2.45) is 71.0 Å². The van der Waals surface area contributed by atoms with E-state index in [2.05, 4.69) is 0 Å². The van der Waals surface area contributed by atoms with E-state index in [1.54, 1.807) is 0 Å². The molecule has 8 spiro atoms. The van der Waals surface area contributed by atoms with Gasteiger partial charge >= 0.3 is 0 Å². The first-order valence-corrected chi connectivity index (χ1v) is 42.5. The second-order valence-electron chi connectivity index (χ2n) is 40.8. The Labute approximate surface area is 591 Å². The van der Waals surface area contributed by atoms with Gasteiger partial charge in [-0.15, -0.1) is 0 Å². The molecule has 12 saturated heterocycles. The van der Waals surface area contributed by atoms with Gasteiger partial charge in [0.1, 0.15) is 44.8 Å². The standard InChI is InChI=1S/C16H22O3.C15H20O3.2C15H22O3.C12H16O3.C9H14O3/c1-13-17-14-4-2-3-5-16(14,19-13)12-7-10-6-11(9-14)15(12,8-10)18-13;1-2-4-15-11-6-9-5-10-8-13(15,3-1)16-12(18-15)17-14(10,11)7-9;1-12-16-13-6-4-5-11(13)9-14(17-12)7-2-3-8-15(14,10-13)18-12;1-12-16-13-6-4-5-11(13)15(18-12)8-3-2-7-14(15,17-12)10-9-13;1-11-13-9-4-7-2-6-3-8(10(9)14-11)12(7,5-6)15-11;1-2-6-4-7-5-10-9(11-7)12-8(6)3-1/h10-12H,2-9H2,1H3;9-12H,1-8H2;2*11H,2-10H2,1H3;6-10H,2-5H2,1H3;6-9H,1-5H2. The molecule has 30 fully saturated rings. The average Bonchev–Trinajstić information content (AvgIpc) is 1.40. The van der Waals surface area contributed by atoms with E-state index in [0.29, 0.717) is 48.1 Å². The van der Waals surface area contributed by atoms with Gasteiger partial charge in [-0.2, -0.15) is 0 Å². The maximum absolute atomic E-state index is 6.56. The van der Waals surface area contributed by atoms with Crippen molar-refractivity contribution in [1.82, 2.24) is 0 Å². The molecule has 0 radical (unpaired) electrons. The summed E-state index contributed by atoms with van der Waals surface area (Å²) in [4.78, 5) is 0. The lowest BCUT2D eigenvalue weighted by molar-refractivity contribution is -0.421. The molecule has 12 aliphatic heterocycles. The Hall–Kier alpha value is -0.720. The summed E-state index contributed by atoms with van der Waals surface area (Å²) in [7, 11) is 0. The highest BCUT2D eigenvalue weighted by atomic mass is 17.0. The number of rotatable bonds is 0. The topological polar surface area (TPSA) is 166 Å². The molecule has 30 rings (SSSR count). The number of ether oxygens (including phenoxy) is 18. The van der Waals surface area contributed by atoms with E-state index in [-0.39, 0.29) is 85.8 Å². The highest BCUT2D eigenvalue weighted by Crippen LogP contribution is 2.80. The molecule has 18 aliphatic carbocycles. The van der Waals surface area contributed by atoms with Crippen LogP contribution in [0.3, 0.4) is 0 Å². The van der Waals surface area contributed by atoms with Crippen LogP contribution in [0.5, 0.6) is 0 Å². The zero-order chi connectivity index (χ0) is 66.0. The van der Waals surface area contributed by atoms with Gasteiger partial charge < -0.3 is 85.3 Å². The molecule has 35 atom stereocenters. The van der Waals surface area contributed by atoms with Crippen molar-refractivity contribution in [3.05, 3.63) is 0 Å². The average molecular weight is 1390 g/mol. The Morgan fingerprint density at radius 2 is 0.920 bits per heavy atom. The van der Waals surface area contributed by atoms with Gasteiger partial charge in [-0.1, -0.05) is 70.6 Å². The number of fused-ring (bicyclic) bond motifs is 11. The third-order valence-corrected chi connectivity index (χ3v) is 36.4. The Kier molecular flexibility index (Phi) is 12.5. The second-order valence-corrected chi connectivity index (χ2v) is 40.8. The first-order chi connectivity index (χ1) is 48.2. The van der Waals surface area contributed by atoms with Crippen LogP contribution in [0, 0.1) is 71.0 Å². The first-order valence-electron chi connectivity index (χ1n) is 42.5. The lowest BCUT2D eigenvalue weighted by Crippen LogP contribution is -2.71. The van der Waals surface area contributed by atoms with Crippen molar-refractivity contribution in [2.75, 3.05) is 6.61 Å². The zero-order valence-electron chi connectivity index (χ0n) is 60.6. The van der Waals surface area contributed by atoms with E-state index < -0.39 is 23.9 Å². The fourth-order valence-corrected chi connectivity index (χ4v) is 34.4. The van der Waals surface area contributed by atoms with Crippen LogP contribution in [0.2, 0.25) is 0 Å². The minimum atomic E-state index is -0.748. The van der Waals surface area contributed by atoms with E-state index in [4.69, 9.17) is 85.3 Å². The molecule has 0 amide bonds. The third-order valence-electron chi connectivity index (χ3n) is 36.4.